The Balaban J connectivity index is 3.10. The lowest BCUT2D eigenvalue weighted by molar-refractivity contribution is 0.0597. The lowest BCUT2D eigenvalue weighted by Gasteiger charge is -2.10. The Morgan fingerprint density at radius 1 is 1.60 bits per heavy atom. The number of phenolic OH excluding ortho intramolecular Hbond substituents is 1. The zero-order valence-electron chi connectivity index (χ0n) is 8.30. The van der Waals surface area contributed by atoms with Gasteiger partial charge < -0.3 is 20.7 Å². The largest absolute Gasteiger partial charge is 0.507 e. The topological polar surface area (TPSA) is 92.8 Å². The SMILES string of the molecule is COC(=O)c1cc(C(O)CN)ccc1O. The van der Waals surface area contributed by atoms with Gasteiger partial charge in [-0.25, -0.2) is 4.79 Å². The summed E-state index contributed by atoms with van der Waals surface area (Å²) in [6, 6.07) is 4.18. The molecule has 0 aliphatic heterocycles. The Morgan fingerprint density at radius 3 is 2.80 bits per heavy atom. The molecule has 0 bridgehead atoms. The number of aromatic hydroxyl groups is 1. The molecule has 0 aromatic heterocycles. The van der Waals surface area contributed by atoms with E-state index in [1.807, 2.05) is 0 Å². The fourth-order valence-electron chi connectivity index (χ4n) is 1.17. The molecule has 0 fully saturated rings. The van der Waals surface area contributed by atoms with Crippen molar-refractivity contribution in [3.05, 3.63) is 29.3 Å². The number of nitrogens with two attached hydrogens (primary N) is 1. The number of esters is 1. The third kappa shape index (κ3) is 2.45. The molecule has 0 saturated carbocycles. The standard InChI is InChI=1S/C10H13NO4/c1-15-10(14)7-4-6(9(13)5-11)2-3-8(7)12/h2-4,9,12-13H,5,11H2,1H3. The highest BCUT2D eigenvalue weighted by Gasteiger charge is 2.14. The van der Waals surface area contributed by atoms with Crippen LogP contribution in [0, 0.1) is 0 Å². The van der Waals surface area contributed by atoms with Gasteiger partial charge >= 0.3 is 5.97 Å². The predicted octanol–water partition coefficient (Wildman–Crippen LogP) is 0.171. The second-order valence-electron chi connectivity index (χ2n) is 3.02. The zero-order chi connectivity index (χ0) is 11.4. The predicted molar refractivity (Wildman–Crippen MR) is 53.5 cm³/mol. The molecular formula is C10H13NO4. The van der Waals surface area contributed by atoms with Crippen LogP contribution in [-0.2, 0) is 4.74 Å². The first-order chi connectivity index (χ1) is 7.10. The monoisotopic (exact) mass is 211 g/mol. The lowest BCUT2D eigenvalue weighted by atomic mass is 10.1. The molecule has 0 heterocycles. The molecule has 5 heteroatoms. The lowest BCUT2D eigenvalue weighted by Crippen LogP contribution is -2.12. The number of ether oxygens (including phenoxy) is 1. The van der Waals surface area contributed by atoms with Crippen LogP contribution in [0.1, 0.15) is 22.0 Å². The van der Waals surface area contributed by atoms with Gasteiger partial charge in [0.05, 0.1) is 13.2 Å². The second-order valence-corrected chi connectivity index (χ2v) is 3.02. The molecule has 15 heavy (non-hydrogen) atoms. The molecule has 5 nitrogen and oxygen atoms in total. The van der Waals surface area contributed by atoms with Gasteiger partial charge in [-0.3, -0.25) is 0 Å². The van der Waals surface area contributed by atoms with E-state index in [4.69, 9.17) is 5.73 Å². The zero-order valence-corrected chi connectivity index (χ0v) is 8.30. The van der Waals surface area contributed by atoms with Crippen molar-refractivity contribution in [2.24, 2.45) is 5.73 Å². The molecule has 1 aromatic carbocycles. The minimum atomic E-state index is -0.853. The number of methoxy groups -OCH3 is 1. The number of hydrogen-bond donors (Lipinski definition) is 3. The Morgan fingerprint density at radius 2 is 2.27 bits per heavy atom. The summed E-state index contributed by atoms with van der Waals surface area (Å²) in [5.74, 6) is -0.839. The Labute approximate surface area is 87.1 Å². The Kier molecular flexibility index (Phi) is 3.65. The van der Waals surface area contributed by atoms with Gasteiger partial charge in [-0.15, -0.1) is 0 Å². The van der Waals surface area contributed by atoms with Crippen LogP contribution in [0.3, 0.4) is 0 Å². The van der Waals surface area contributed by atoms with Crippen molar-refractivity contribution in [2.45, 2.75) is 6.10 Å². The van der Waals surface area contributed by atoms with E-state index in [0.717, 1.165) is 0 Å². The Bertz CT molecular complexity index is 364. The molecule has 1 atom stereocenters. The van der Waals surface area contributed by atoms with Crippen LogP contribution >= 0.6 is 0 Å². The van der Waals surface area contributed by atoms with Crippen LogP contribution in [0.15, 0.2) is 18.2 Å². The molecule has 0 radical (unpaired) electrons. The normalized spacial score (nSPS) is 12.2. The molecule has 1 rings (SSSR count). The van der Waals surface area contributed by atoms with E-state index in [1.54, 1.807) is 0 Å². The van der Waals surface area contributed by atoms with Crippen molar-refractivity contribution in [3.63, 3.8) is 0 Å². The second kappa shape index (κ2) is 4.77. The number of hydrogen-bond acceptors (Lipinski definition) is 5. The third-order valence-electron chi connectivity index (χ3n) is 2.03. The molecule has 1 unspecified atom stereocenters. The first kappa shape index (κ1) is 11.5. The van der Waals surface area contributed by atoms with Crippen LogP contribution in [0.25, 0.3) is 0 Å². The minimum absolute atomic E-state index is 0.0162. The summed E-state index contributed by atoms with van der Waals surface area (Å²) in [6.45, 7) is 0.0470. The molecule has 0 amide bonds. The van der Waals surface area contributed by atoms with Gasteiger partial charge in [0.2, 0.25) is 0 Å². The van der Waals surface area contributed by atoms with Crippen molar-refractivity contribution < 1.29 is 19.7 Å². The summed E-state index contributed by atoms with van der Waals surface area (Å²) in [7, 11) is 1.22. The summed E-state index contributed by atoms with van der Waals surface area (Å²) in [5.41, 5.74) is 5.76. The van der Waals surface area contributed by atoms with E-state index >= 15 is 0 Å². The van der Waals surface area contributed by atoms with E-state index in [2.05, 4.69) is 4.74 Å². The van der Waals surface area contributed by atoms with Crippen LogP contribution in [0.4, 0.5) is 0 Å². The maximum absolute atomic E-state index is 11.2. The molecule has 0 aliphatic carbocycles. The fraction of sp³-hybridized carbons (Fsp3) is 0.300. The molecular weight excluding hydrogens is 198 g/mol. The van der Waals surface area contributed by atoms with Gasteiger partial charge in [-0.1, -0.05) is 6.07 Å². The van der Waals surface area contributed by atoms with Crippen molar-refractivity contribution in [1.29, 1.82) is 0 Å². The van der Waals surface area contributed by atoms with E-state index in [-0.39, 0.29) is 17.9 Å². The summed E-state index contributed by atoms with van der Waals surface area (Å²) in [5, 5.41) is 18.8. The van der Waals surface area contributed by atoms with Gasteiger partial charge in [0.1, 0.15) is 11.3 Å². The van der Waals surface area contributed by atoms with Gasteiger partial charge in [-0.05, 0) is 17.7 Å². The number of carbonyl (C=O) groups excluding carboxylic acids is 1. The first-order valence-corrected chi connectivity index (χ1v) is 4.39. The van der Waals surface area contributed by atoms with Crippen molar-refractivity contribution in [2.75, 3.05) is 13.7 Å². The molecule has 0 spiro atoms. The third-order valence-corrected chi connectivity index (χ3v) is 2.03. The van der Waals surface area contributed by atoms with Crippen LogP contribution in [-0.4, -0.2) is 29.8 Å². The van der Waals surface area contributed by atoms with Gasteiger partial charge in [-0.2, -0.15) is 0 Å². The number of aliphatic hydroxyl groups is 1. The number of aliphatic hydroxyl groups excluding tert-OH is 1. The number of carbonyl (C=O) groups is 1. The molecule has 4 N–H and O–H groups in total. The maximum atomic E-state index is 11.2. The highest BCUT2D eigenvalue weighted by atomic mass is 16.5. The average Bonchev–Trinajstić information content (AvgIpc) is 2.27. The first-order valence-electron chi connectivity index (χ1n) is 4.39. The summed E-state index contributed by atoms with van der Waals surface area (Å²) >= 11 is 0. The van der Waals surface area contributed by atoms with Gasteiger partial charge in [0.15, 0.2) is 0 Å². The summed E-state index contributed by atoms with van der Waals surface area (Å²) < 4.78 is 4.47. The number of rotatable bonds is 3. The van der Waals surface area contributed by atoms with E-state index < -0.39 is 12.1 Å². The quantitative estimate of drug-likeness (QED) is 0.620. The van der Waals surface area contributed by atoms with Crippen LogP contribution in [0.2, 0.25) is 0 Å². The van der Waals surface area contributed by atoms with Crippen LogP contribution in [0.5, 0.6) is 5.75 Å². The number of benzene rings is 1. The highest BCUT2D eigenvalue weighted by Crippen LogP contribution is 2.22. The van der Waals surface area contributed by atoms with E-state index in [9.17, 15) is 15.0 Å². The van der Waals surface area contributed by atoms with Crippen molar-refractivity contribution in [1.82, 2.24) is 0 Å². The summed E-state index contributed by atoms with van der Waals surface area (Å²) in [4.78, 5) is 11.2. The van der Waals surface area contributed by atoms with Crippen LogP contribution < -0.4 is 5.73 Å². The minimum Gasteiger partial charge on any atom is -0.507 e. The average molecular weight is 211 g/mol. The summed E-state index contributed by atoms with van der Waals surface area (Å²) in [6.07, 6.45) is -0.853. The van der Waals surface area contributed by atoms with Crippen molar-refractivity contribution in [3.8, 4) is 5.75 Å². The highest BCUT2D eigenvalue weighted by molar-refractivity contribution is 5.92. The maximum Gasteiger partial charge on any atom is 0.341 e. The fourth-order valence-corrected chi connectivity index (χ4v) is 1.17. The molecule has 0 aliphatic rings. The Hall–Kier alpha value is -1.59. The van der Waals surface area contributed by atoms with Crippen molar-refractivity contribution >= 4 is 5.97 Å². The van der Waals surface area contributed by atoms with Gasteiger partial charge in [0.25, 0.3) is 0 Å². The van der Waals surface area contributed by atoms with Gasteiger partial charge in [0, 0.05) is 6.54 Å². The van der Waals surface area contributed by atoms with E-state index in [0.29, 0.717) is 5.56 Å². The molecule has 0 saturated heterocycles. The van der Waals surface area contributed by atoms with E-state index in [1.165, 1.54) is 25.3 Å². The smallest absolute Gasteiger partial charge is 0.341 e. The molecule has 1 aromatic rings. The number of phenols is 1. The molecule has 82 valence electrons.